The molecule has 3 heteroatoms. The minimum Gasteiger partial charge on any atom is -0.135 e. The molecule has 0 bridgehead atoms. The first-order valence-corrected chi connectivity index (χ1v) is 18.5. The minimum atomic E-state index is -0.0997. The molecule has 0 radical (unpaired) electrons. The van der Waals surface area contributed by atoms with Gasteiger partial charge in [-0.1, -0.05) is 121 Å². The van der Waals surface area contributed by atoms with Crippen molar-refractivity contribution >= 4 is 86.1 Å². The zero-order chi connectivity index (χ0) is 31.5. The van der Waals surface area contributed by atoms with Gasteiger partial charge in [0.1, 0.15) is 0 Å². The van der Waals surface area contributed by atoms with E-state index in [9.17, 15) is 0 Å². The van der Waals surface area contributed by atoms with Crippen LogP contribution in [0.1, 0.15) is 25.0 Å². The largest absolute Gasteiger partial charge is 0.244 e. The van der Waals surface area contributed by atoms with Crippen LogP contribution in [0.2, 0.25) is 0 Å². The van der Waals surface area contributed by atoms with Crippen molar-refractivity contribution in [3.63, 3.8) is 0 Å². The van der Waals surface area contributed by atoms with Crippen LogP contribution in [0.25, 0.3) is 84.9 Å². The Morgan fingerprint density at radius 2 is 0.917 bits per heavy atom. The Labute approximate surface area is 287 Å². The molecule has 0 spiro atoms. The van der Waals surface area contributed by atoms with Gasteiger partial charge in [-0.05, 0) is 103 Å². The first kappa shape index (κ1) is 26.1. The fourth-order valence-corrected chi connectivity index (χ4v) is 12.2. The molecule has 0 unspecified atom stereocenters. The molecule has 222 valence electrons. The molecule has 2 aliphatic heterocycles. The van der Waals surface area contributed by atoms with Crippen molar-refractivity contribution in [3.8, 4) is 44.5 Å². The summed E-state index contributed by atoms with van der Waals surface area (Å²) in [7, 11) is 0. The number of hydrogen-bond acceptors (Lipinski definition) is 2. The lowest BCUT2D eigenvalue weighted by atomic mass is 9.35. The third-order valence-corrected chi connectivity index (χ3v) is 13.9. The number of hydrogen-bond donors (Lipinski definition) is 0. The maximum Gasteiger partial charge on any atom is 0.244 e. The number of rotatable bonds is 1. The summed E-state index contributed by atoms with van der Waals surface area (Å²) in [6.45, 7) is 4.96. The lowest BCUT2D eigenvalue weighted by molar-refractivity contribution is 0.662. The molecule has 12 rings (SSSR count). The summed E-state index contributed by atoms with van der Waals surface area (Å²) in [5.41, 5.74) is 18.0. The fraction of sp³-hybridized carbons (Fsp3) is 0.0667. The van der Waals surface area contributed by atoms with Crippen LogP contribution >= 0.6 is 22.7 Å². The molecular weight excluding hydrogens is 615 g/mol. The fourth-order valence-electron chi connectivity index (χ4n) is 9.85. The van der Waals surface area contributed by atoms with E-state index in [1.54, 1.807) is 0 Å². The lowest BCUT2D eigenvalue weighted by Gasteiger charge is -2.26. The van der Waals surface area contributed by atoms with E-state index in [0.29, 0.717) is 0 Å². The number of benzene rings is 7. The molecular formula is C45H27BS2. The molecule has 3 aliphatic rings. The Kier molecular flexibility index (Phi) is 4.74. The molecule has 2 aromatic heterocycles. The van der Waals surface area contributed by atoms with E-state index >= 15 is 0 Å². The monoisotopic (exact) mass is 642 g/mol. The second kappa shape index (κ2) is 8.74. The SMILES string of the molecule is CC1(C)c2ccccc2-c2cccc(-c3cc4c5c(c3)-c3cccc6sc7cccc(c7c36)B5c3cccc5sc6cccc-4c6c35)c21. The predicted octanol–water partition coefficient (Wildman–Crippen LogP) is 10.9. The Morgan fingerprint density at radius 3 is 1.54 bits per heavy atom. The highest BCUT2D eigenvalue weighted by atomic mass is 32.1. The molecule has 0 amide bonds. The summed E-state index contributed by atoms with van der Waals surface area (Å²) in [6.07, 6.45) is 0. The third kappa shape index (κ3) is 3.00. The molecule has 7 aromatic carbocycles. The van der Waals surface area contributed by atoms with Gasteiger partial charge in [0.05, 0.1) is 0 Å². The van der Waals surface area contributed by atoms with E-state index in [0.717, 1.165) is 0 Å². The molecule has 48 heavy (non-hydrogen) atoms. The molecule has 0 nitrogen and oxygen atoms in total. The molecule has 0 atom stereocenters. The normalized spacial score (nSPS) is 14.6. The van der Waals surface area contributed by atoms with Crippen molar-refractivity contribution in [2.24, 2.45) is 0 Å². The molecule has 4 heterocycles. The predicted molar refractivity (Wildman–Crippen MR) is 211 cm³/mol. The van der Waals surface area contributed by atoms with Crippen LogP contribution in [0.15, 0.2) is 127 Å². The standard InChI is InChI=1S/C45H27BS2/c1-45(2)32-15-4-3-10-26(32)29-14-5-11-25(43(29)45)24-22-30-27-12-6-18-35-39(27)41-33(16-8-20-37(41)47-35)46-34-17-9-21-38-42(34)40-28(31(23-24)44(30)46)13-7-19-36(40)48-38/h3-23H,1-2H3. The Bertz CT molecular complexity index is 2790. The zero-order valence-electron chi connectivity index (χ0n) is 26.5. The zero-order valence-corrected chi connectivity index (χ0v) is 28.2. The molecule has 9 aromatic rings. The van der Waals surface area contributed by atoms with Crippen molar-refractivity contribution in [2.75, 3.05) is 0 Å². The van der Waals surface area contributed by atoms with Gasteiger partial charge in [0.2, 0.25) is 6.71 Å². The van der Waals surface area contributed by atoms with Crippen LogP contribution in [-0.2, 0) is 5.41 Å². The van der Waals surface area contributed by atoms with Crippen molar-refractivity contribution in [2.45, 2.75) is 19.3 Å². The van der Waals surface area contributed by atoms with E-state index in [1.807, 2.05) is 22.7 Å². The van der Waals surface area contributed by atoms with Gasteiger partial charge in [-0.2, -0.15) is 0 Å². The average Bonchev–Trinajstić information content (AvgIpc) is 3.71. The first-order chi connectivity index (χ1) is 23.6. The second-order valence-electron chi connectivity index (χ2n) is 14.3. The lowest BCUT2D eigenvalue weighted by Crippen LogP contribution is -2.52. The van der Waals surface area contributed by atoms with Crippen molar-refractivity contribution < 1.29 is 0 Å². The summed E-state index contributed by atoms with van der Waals surface area (Å²) in [5.74, 6) is 0. The molecule has 0 N–H and O–H groups in total. The quantitative estimate of drug-likeness (QED) is 0.156. The molecule has 0 fully saturated rings. The van der Waals surface area contributed by atoms with Crippen LogP contribution in [-0.4, -0.2) is 6.71 Å². The van der Waals surface area contributed by atoms with Crippen LogP contribution < -0.4 is 16.4 Å². The summed E-state index contributed by atoms with van der Waals surface area (Å²) in [5, 5.41) is 5.71. The Balaban J connectivity index is 1.29. The minimum absolute atomic E-state index is 0.0997. The highest BCUT2D eigenvalue weighted by molar-refractivity contribution is 7.27. The van der Waals surface area contributed by atoms with Crippen LogP contribution in [0, 0.1) is 0 Å². The van der Waals surface area contributed by atoms with Gasteiger partial charge in [0.15, 0.2) is 0 Å². The van der Waals surface area contributed by atoms with Gasteiger partial charge in [-0.3, -0.25) is 0 Å². The van der Waals surface area contributed by atoms with Crippen molar-refractivity contribution in [1.29, 1.82) is 0 Å². The van der Waals surface area contributed by atoms with Gasteiger partial charge in [0.25, 0.3) is 0 Å². The van der Waals surface area contributed by atoms with Crippen LogP contribution in [0.4, 0.5) is 0 Å². The van der Waals surface area contributed by atoms with Crippen molar-refractivity contribution in [3.05, 3.63) is 139 Å². The molecule has 0 saturated carbocycles. The van der Waals surface area contributed by atoms with Crippen molar-refractivity contribution in [1.82, 2.24) is 0 Å². The number of fused-ring (bicyclic) bond motifs is 7. The van der Waals surface area contributed by atoms with E-state index in [4.69, 9.17) is 0 Å². The summed E-state index contributed by atoms with van der Waals surface area (Å²) < 4.78 is 5.52. The highest BCUT2D eigenvalue weighted by Crippen LogP contribution is 2.53. The van der Waals surface area contributed by atoms with Gasteiger partial charge in [-0.25, -0.2) is 0 Å². The first-order valence-electron chi connectivity index (χ1n) is 16.9. The van der Waals surface area contributed by atoms with Crippen LogP contribution in [0.5, 0.6) is 0 Å². The van der Waals surface area contributed by atoms with Gasteiger partial charge in [0, 0.05) is 35.0 Å². The third-order valence-electron chi connectivity index (χ3n) is 11.7. The molecule has 1 aliphatic carbocycles. The number of thiophene rings is 2. The Morgan fingerprint density at radius 1 is 0.438 bits per heavy atom. The van der Waals surface area contributed by atoms with Gasteiger partial charge < -0.3 is 0 Å². The van der Waals surface area contributed by atoms with Crippen LogP contribution in [0.3, 0.4) is 0 Å². The van der Waals surface area contributed by atoms with Gasteiger partial charge in [-0.15, -0.1) is 22.7 Å². The smallest absolute Gasteiger partial charge is 0.135 e. The average molecular weight is 643 g/mol. The van der Waals surface area contributed by atoms with E-state index in [-0.39, 0.29) is 12.1 Å². The maximum atomic E-state index is 2.56. The highest BCUT2D eigenvalue weighted by Gasteiger charge is 2.40. The second-order valence-corrected chi connectivity index (χ2v) is 16.5. The summed E-state index contributed by atoms with van der Waals surface area (Å²) in [4.78, 5) is 0. The molecule has 0 saturated heterocycles. The van der Waals surface area contributed by atoms with E-state index in [1.165, 1.54) is 112 Å². The summed E-state index contributed by atoms with van der Waals surface area (Å²) >= 11 is 3.88. The van der Waals surface area contributed by atoms with E-state index in [2.05, 4.69) is 141 Å². The maximum absolute atomic E-state index is 2.56. The Hall–Kier alpha value is -4.96. The topological polar surface area (TPSA) is 0 Å². The summed E-state index contributed by atoms with van der Waals surface area (Å²) in [6, 6.07) is 49.2. The van der Waals surface area contributed by atoms with E-state index < -0.39 is 0 Å². The van der Waals surface area contributed by atoms with Gasteiger partial charge >= 0.3 is 0 Å².